The number of nitrogens with one attached hydrogen (secondary N) is 1. The fraction of sp³-hybridized carbons (Fsp3) is 0.278. The third kappa shape index (κ3) is 3.86. The van der Waals surface area contributed by atoms with Gasteiger partial charge in [-0.05, 0) is 30.3 Å². The van der Waals surface area contributed by atoms with Gasteiger partial charge in [-0.15, -0.1) is 10.2 Å². The molecular weight excluding hydrogens is 346 g/mol. The second-order valence-corrected chi connectivity index (χ2v) is 6.16. The van der Waals surface area contributed by atoms with Gasteiger partial charge in [-0.3, -0.25) is 0 Å². The van der Waals surface area contributed by atoms with E-state index in [-0.39, 0.29) is 6.03 Å². The van der Waals surface area contributed by atoms with Gasteiger partial charge in [-0.2, -0.15) is 0 Å². The lowest BCUT2D eigenvalue weighted by molar-refractivity contribution is 0.208. The van der Waals surface area contributed by atoms with Gasteiger partial charge >= 0.3 is 6.03 Å². The normalized spacial score (nSPS) is 14.3. The van der Waals surface area contributed by atoms with Crippen molar-refractivity contribution >= 4 is 17.7 Å². The van der Waals surface area contributed by atoms with Gasteiger partial charge in [0.25, 0.3) is 0 Å². The first-order chi connectivity index (χ1) is 13.2. The van der Waals surface area contributed by atoms with E-state index in [0.717, 1.165) is 5.56 Å². The van der Waals surface area contributed by atoms with E-state index in [0.29, 0.717) is 49.6 Å². The Labute approximate surface area is 156 Å². The molecule has 0 saturated carbocycles. The first-order valence-electron chi connectivity index (χ1n) is 8.67. The fourth-order valence-corrected chi connectivity index (χ4v) is 2.88. The summed E-state index contributed by atoms with van der Waals surface area (Å²) in [4.78, 5) is 24.9. The zero-order valence-corrected chi connectivity index (χ0v) is 14.9. The molecule has 138 valence electrons. The van der Waals surface area contributed by atoms with Crippen LogP contribution in [0.4, 0.5) is 16.4 Å². The van der Waals surface area contributed by atoms with Crippen molar-refractivity contribution in [3.8, 4) is 11.5 Å². The van der Waals surface area contributed by atoms with Crippen LogP contribution in [0.25, 0.3) is 11.5 Å². The molecule has 3 heterocycles. The maximum absolute atomic E-state index is 12.5. The summed E-state index contributed by atoms with van der Waals surface area (Å²) in [5.74, 6) is 1.68. The molecule has 27 heavy (non-hydrogen) atoms. The number of benzene rings is 1. The van der Waals surface area contributed by atoms with Gasteiger partial charge in [0.05, 0.1) is 0 Å². The molecule has 0 radical (unpaired) electrons. The van der Waals surface area contributed by atoms with Crippen LogP contribution in [0, 0.1) is 6.92 Å². The molecule has 0 aliphatic carbocycles. The van der Waals surface area contributed by atoms with Gasteiger partial charge in [-0.1, -0.05) is 0 Å². The average molecular weight is 365 g/mol. The van der Waals surface area contributed by atoms with Crippen molar-refractivity contribution in [1.29, 1.82) is 0 Å². The van der Waals surface area contributed by atoms with Crippen LogP contribution >= 0.6 is 0 Å². The Hall–Kier alpha value is -3.49. The Balaban J connectivity index is 1.33. The van der Waals surface area contributed by atoms with Crippen LogP contribution in [0.5, 0.6) is 0 Å². The molecule has 2 aromatic heterocycles. The third-order valence-corrected chi connectivity index (χ3v) is 4.31. The monoisotopic (exact) mass is 365 g/mol. The Kier molecular flexibility index (Phi) is 4.65. The molecule has 3 aromatic rings. The number of amides is 2. The zero-order chi connectivity index (χ0) is 18.6. The molecule has 1 aromatic carbocycles. The first-order valence-corrected chi connectivity index (χ1v) is 8.67. The number of hydrogen-bond acceptors (Lipinski definition) is 7. The van der Waals surface area contributed by atoms with E-state index in [1.54, 1.807) is 30.3 Å². The van der Waals surface area contributed by atoms with Crippen molar-refractivity contribution < 1.29 is 9.21 Å². The molecule has 1 aliphatic rings. The quantitative estimate of drug-likeness (QED) is 0.759. The van der Waals surface area contributed by atoms with Crippen LogP contribution in [0.3, 0.4) is 0 Å². The highest BCUT2D eigenvalue weighted by Crippen LogP contribution is 2.20. The third-order valence-electron chi connectivity index (χ3n) is 4.31. The van der Waals surface area contributed by atoms with Gasteiger partial charge in [0.1, 0.15) is 0 Å². The number of aromatic nitrogens is 4. The Morgan fingerprint density at radius 3 is 2.37 bits per heavy atom. The second kappa shape index (κ2) is 7.40. The van der Waals surface area contributed by atoms with Crippen LogP contribution < -0.4 is 10.2 Å². The van der Waals surface area contributed by atoms with E-state index < -0.39 is 0 Å². The van der Waals surface area contributed by atoms with Crippen molar-refractivity contribution in [2.24, 2.45) is 0 Å². The molecule has 4 rings (SSSR count). The summed E-state index contributed by atoms with van der Waals surface area (Å²) in [6.45, 7) is 4.38. The fourth-order valence-electron chi connectivity index (χ4n) is 2.88. The van der Waals surface area contributed by atoms with Crippen LogP contribution in [-0.2, 0) is 0 Å². The van der Waals surface area contributed by atoms with E-state index in [9.17, 15) is 4.79 Å². The average Bonchev–Trinajstić information content (AvgIpc) is 3.16. The number of hydrogen-bond donors (Lipinski definition) is 1. The van der Waals surface area contributed by atoms with Crippen LogP contribution in [-0.4, -0.2) is 57.3 Å². The minimum atomic E-state index is -0.120. The molecule has 9 nitrogen and oxygen atoms in total. The molecule has 1 N–H and O–H groups in total. The predicted octanol–water partition coefficient (Wildman–Crippen LogP) is 2.19. The van der Waals surface area contributed by atoms with Crippen LogP contribution in [0.2, 0.25) is 0 Å². The van der Waals surface area contributed by atoms with Gasteiger partial charge in [0, 0.05) is 56.7 Å². The number of urea groups is 1. The van der Waals surface area contributed by atoms with Gasteiger partial charge in [-0.25, -0.2) is 14.8 Å². The molecule has 2 amide bonds. The summed E-state index contributed by atoms with van der Waals surface area (Å²) >= 11 is 0. The molecule has 1 fully saturated rings. The first kappa shape index (κ1) is 17.0. The number of rotatable bonds is 3. The van der Waals surface area contributed by atoms with Crippen LogP contribution in [0.15, 0.2) is 47.1 Å². The van der Waals surface area contributed by atoms with Crippen molar-refractivity contribution in [2.75, 3.05) is 36.4 Å². The predicted molar refractivity (Wildman–Crippen MR) is 99.3 cm³/mol. The lowest BCUT2D eigenvalue weighted by Gasteiger charge is -2.34. The molecule has 0 unspecified atom stereocenters. The minimum absolute atomic E-state index is 0.120. The lowest BCUT2D eigenvalue weighted by atomic mass is 10.2. The standard InChI is InChI=1S/C18H19N7O2/c1-13-22-23-16(27-13)14-3-5-15(6-4-14)21-18(26)25-11-9-24(10-12-25)17-19-7-2-8-20-17/h2-8H,9-12H2,1H3,(H,21,26). The maximum atomic E-state index is 12.5. The minimum Gasteiger partial charge on any atom is -0.421 e. The number of piperazine rings is 1. The number of aryl methyl sites for hydroxylation is 1. The highest BCUT2D eigenvalue weighted by atomic mass is 16.4. The molecular formula is C18H19N7O2. The molecule has 9 heteroatoms. The Morgan fingerprint density at radius 2 is 1.74 bits per heavy atom. The zero-order valence-electron chi connectivity index (χ0n) is 14.9. The smallest absolute Gasteiger partial charge is 0.321 e. The Bertz CT molecular complexity index is 903. The molecule has 1 aliphatic heterocycles. The molecule has 0 spiro atoms. The largest absolute Gasteiger partial charge is 0.421 e. The van der Waals surface area contributed by atoms with Gasteiger partial charge < -0.3 is 19.5 Å². The van der Waals surface area contributed by atoms with E-state index >= 15 is 0 Å². The second-order valence-electron chi connectivity index (χ2n) is 6.16. The van der Waals surface area contributed by atoms with E-state index in [4.69, 9.17) is 4.42 Å². The summed E-state index contributed by atoms with van der Waals surface area (Å²) in [6, 6.07) is 8.99. The molecule has 0 atom stereocenters. The van der Waals surface area contributed by atoms with E-state index in [2.05, 4.69) is 30.4 Å². The molecule has 0 bridgehead atoms. The number of carbonyl (C=O) groups is 1. The maximum Gasteiger partial charge on any atom is 0.321 e. The summed E-state index contributed by atoms with van der Waals surface area (Å²) in [5, 5.41) is 10.7. The van der Waals surface area contributed by atoms with Gasteiger partial charge in [0.2, 0.25) is 17.7 Å². The molecule has 1 saturated heterocycles. The van der Waals surface area contributed by atoms with Gasteiger partial charge in [0.15, 0.2) is 0 Å². The van der Waals surface area contributed by atoms with E-state index in [1.165, 1.54) is 0 Å². The summed E-state index contributed by atoms with van der Waals surface area (Å²) in [5.41, 5.74) is 1.53. The Morgan fingerprint density at radius 1 is 1.04 bits per heavy atom. The SMILES string of the molecule is Cc1nnc(-c2ccc(NC(=O)N3CCN(c4ncccn4)CC3)cc2)o1. The number of anilines is 2. The highest BCUT2D eigenvalue weighted by molar-refractivity contribution is 5.89. The van der Waals surface area contributed by atoms with Crippen molar-refractivity contribution in [3.63, 3.8) is 0 Å². The van der Waals surface area contributed by atoms with Crippen molar-refractivity contribution in [3.05, 3.63) is 48.6 Å². The highest BCUT2D eigenvalue weighted by Gasteiger charge is 2.22. The number of carbonyl (C=O) groups excluding carboxylic acids is 1. The van der Waals surface area contributed by atoms with Crippen molar-refractivity contribution in [1.82, 2.24) is 25.1 Å². The summed E-state index contributed by atoms with van der Waals surface area (Å²) in [6.07, 6.45) is 3.45. The van der Waals surface area contributed by atoms with Crippen molar-refractivity contribution in [2.45, 2.75) is 6.92 Å². The number of nitrogens with zero attached hydrogens (tertiary/aromatic N) is 6. The lowest BCUT2D eigenvalue weighted by Crippen LogP contribution is -2.50. The summed E-state index contributed by atoms with van der Waals surface area (Å²) < 4.78 is 5.40. The summed E-state index contributed by atoms with van der Waals surface area (Å²) in [7, 11) is 0. The van der Waals surface area contributed by atoms with Crippen LogP contribution in [0.1, 0.15) is 5.89 Å². The topological polar surface area (TPSA) is 100 Å². The van der Waals surface area contributed by atoms with E-state index in [1.807, 2.05) is 24.3 Å².